The van der Waals surface area contributed by atoms with E-state index >= 15 is 0 Å². The number of guanidine groups is 1. The number of pyridine rings is 1. The Morgan fingerprint density at radius 1 is 1.30 bits per heavy atom. The minimum absolute atomic E-state index is 0.250. The van der Waals surface area contributed by atoms with Crippen molar-refractivity contribution in [3.05, 3.63) is 23.9 Å². The summed E-state index contributed by atoms with van der Waals surface area (Å²) in [6.07, 6.45) is 5.68. The third-order valence-electron chi connectivity index (χ3n) is 5.22. The summed E-state index contributed by atoms with van der Waals surface area (Å²) in [5.41, 5.74) is 1.09. The van der Waals surface area contributed by atoms with Gasteiger partial charge < -0.3 is 29.7 Å². The number of aliphatic imine (C=N–C) groups is 1. The van der Waals surface area contributed by atoms with Gasteiger partial charge >= 0.3 is 0 Å². The standard InChI is InChI=1S/C22H37N5O3/c1-3-23-22(24-9-5-11-28-17-20-6-4-12-30-20)26-15-19-7-8-21(25-14-19)27-10-13-29-18(2)16-27/h7-8,14,18,20H,3-6,9-13,15-17H2,1-2H3,(H2,23,24,26). The highest BCUT2D eigenvalue weighted by molar-refractivity contribution is 5.79. The average Bonchev–Trinajstić information content (AvgIpc) is 3.28. The smallest absolute Gasteiger partial charge is 0.191 e. The van der Waals surface area contributed by atoms with Gasteiger partial charge in [-0.2, -0.15) is 0 Å². The van der Waals surface area contributed by atoms with Gasteiger partial charge in [0.25, 0.3) is 0 Å². The van der Waals surface area contributed by atoms with Crippen LogP contribution in [0.3, 0.4) is 0 Å². The average molecular weight is 420 g/mol. The summed E-state index contributed by atoms with van der Waals surface area (Å²) in [4.78, 5) is 11.6. The Kier molecular flexibility index (Phi) is 9.66. The number of morpholine rings is 1. The maximum Gasteiger partial charge on any atom is 0.191 e. The zero-order valence-corrected chi connectivity index (χ0v) is 18.4. The molecule has 2 atom stereocenters. The highest BCUT2D eigenvalue weighted by Crippen LogP contribution is 2.16. The molecule has 3 heterocycles. The Morgan fingerprint density at radius 3 is 2.97 bits per heavy atom. The molecule has 30 heavy (non-hydrogen) atoms. The van der Waals surface area contributed by atoms with Crippen molar-refractivity contribution in [3.63, 3.8) is 0 Å². The highest BCUT2D eigenvalue weighted by Gasteiger charge is 2.17. The second-order valence-corrected chi connectivity index (χ2v) is 7.84. The molecule has 0 saturated carbocycles. The molecule has 1 aromatic heterocycles. The first-order valence-corrected chi connectivity index (χ1v) is 11.3. The zero-order chi connectivity index (χ0) is 21.0. The normalized spacial score (nSPS) is 22.3. The number of rotatable bonds is 10. The van der Waals surface area contributed by atoms with Gasteiger partial charge in [0.1, 0.15) is 5.82 Å². The van der Waals surface area contributed by atoms with E-state index in [9.17, 15) is 0 Å². The molecule has 8 heteroatoms. The van der Waals surface area contributed by atoms with Crippen molar-refractivity contribution in [3.8, 4) is 0 Å². The Balaban J connectivity index is 1.37. The van der Waals surface area contributed by atoms with E-state index in [4.69, 9.17) is 14.2 Å². The molecule has 168 valence electrons. The molecule has 2 aliphatic heterocycles. The molecule has 2 aliphatic rings. The van der Waals surface area contributed by atoms with Crippen LogP contribution < -0.4 is 15.5 Å². The fourth-order valence-electron chi connectivity index (χ4n) is 3.61. The number of nitrogens with one attached hydrogen (secondary N) is 2. The summed E-state index contributed by atoms with van der Waals surface area (Å²) in [6, 6.07) is 4.18. The number of nitrogens with zero attached hydrogens (tertiary/aromatic N) is 3. The number of anilines is 1. The Morgan fingerprint density at radius 2 is 2.23 bits per heavy atom. The molecule has 0 spiro atoms. The van der Waals surface area contributed by atoms with Crippen LogP contribution in [0.2, 0.25) is 0 Å². The monoisotopic (exact) mass is 419 g/mol. The molecular formula is C22H37N5O3. The van der Waals surface area contributed by atoms with E-state index in [1.165, 1.54) is 0 Å². The molecule has 1 aromatic rings. The van der Waals surface area contributed by atoms with Crippen molar-refractivity contribution in [2.24, 2.45) is 4.99 Å². The number of hydrogen-bond acceptors (Lipinski definition) is 6. The fraction of sp³-hybridized carbons (Fsp3) is 0.727. The largest absolute Gasteiger partial charge is 0.379 e. The third kappa shape index (κ3) is 7.74. The van der Waals surface area contributed by atoms with Crippen LogP contribution in [0.4, 0.5) is 5.82 Å². The van der Waals surface area contributed by atoms with Crippen LogP contribution in [0.15, 0.2) is 23.3 Å². The zero-order valence-electron chi connectivity index (χ0n) is 18.4. The molecule has 2 unspecified atom stereocenters. The maximum absolute atomic E-state index is 5.71. The highest BCUT2D eigenvalue weighted by atomic mass is 16.5. The van der Waals surface area contributed by atoms with E-state index in [-0.39, 0.29) is 6.10 Å². The summed E-state index contributed by atoms with van der Waals surface area (Å²) in [7, 11) is 0. The summed E-state index contributed by atoms with van der Waals surface area (Å²) in [5, 5.41) is 6.66. The maximum atomic E-state index is 5.71. The first-order chi connectivity index (χ1) is 14.7. The number of hydrogen-bond donors (Lipinski definition) is 2. The summed E-state index contributed by atoms with van der Waals surface area (Å²) in [5.74, 6) is 1.83. The molecule has 3 rings (SSSR count). The lowest BCUT2D eigenvalue weighted by Gasteiger charge is -2.32. The number of ether oxygens (including phenoxy) is 3. The van der Waals surface area contributed by atoms with Gasteiger partial charge in [-0.15, -0.1) is 0 Å². The van der Waals surface area contributed by atoms with Crippen LogP contribution in [0.25, 0.3) is 0 Å². The molecule has 0 radical (unpaired) electrons. The summed E-state index contributed by atoms with van der Waals surface area (Å²) >= 11 is 0. The van der Waals surface area contributed by atoms with Gasteiger partial charge in [0, 0.05) is 45.6 Å². The van der Waals surface area contributed by atoms with Crippen LogP contribution >= 0.6 is 0 Å². The van der Waals surface area contributed by atoms with Crippen LogP contribution in [-0.4, -0.2) is 75.8 Å². The van der Waals surface area contributed by atoms with E-state index in [1.54, 1.807) is 0 Å². The van der Waals surface area contributed by atoms with Gasteiger partial charge in [-0.1, -0.05) is 6.07 Å². The summed E-state index contributed by atoms with van der Waals surface area (Å²) in [6.45, 7) is 11.3. The Bertz CT molecular complexity index is 634. The van der Waals surface area contributed by atoms with Crippen molar-refractivity contribution in [1.82, 2.24) is 15.6 Å². The molecule has 0 bridgehead atoms. The predicted molar refractivity (Wildman–Crippen MR) is 119 cm³/mol. The SMILES string of the molecule is CCNC(=NCc1ccc(N2CCOC(C)C2)nc1)NCCCOCC1CCCO1. The van der Waals surface area contributed by atoms with Crippen LogP contribution in [0, 0.1) is 0 Å². The van der Waals surface area contributed by atoms with Crippen LogP contribution in [0.5, 0.6) is 0 Å². The van der Waals surface area contributed by atoms with Gasteiger partial charge in [-0.25, -0.2) is 9.98 Å². The fourth-order valence-corrected chi connectivity index (χ4v) is 3.61. The molecule has 0 amide bonds. The molecule has 8 nitrogen and oxygen atoms in total. The second kappa shape index (κ2) is 12.7. The Labute approximate surface area is 180 Å². The van der Waals surface area contributed by atoms with E-state index in [0.717, 1.165) is 82.6 Å². The van der Waals surface area contributed by atoms with Crippen molar-refractivity contribution < 1.29 is 14.2 Å². The van der Waals surface area contributed by atoms with Crippen molar-refractivity contribution in [2.75, 3.05) is 57.5 Å². The molecular weight excluding hydrogens is 382 g/mol. The van der Waals surface area contributed by atoms with Gasteiger partial charge in [-0.05, 0) is 44.7 Å². The molecule has 2 fully saturated rings. The Hall–Kier alpha value is -1.90. The second-order valence-electron chi connectivity index (χ2n) is 7.84. The van der Waals surface area contributed by atoms with E-state index < -0.39 is 0 Å². The molecule has 2 saturated heterocycles. The lowest BCUT2D eigenvalue weighted by Crippen LogP contribution is -2.41. The first-order valence-electron chi connectivity index (χ1n) is 11.3. The quantitative estimate of drug-likeness (QED) is 0.341. The number of aromatic nitrogens is 1. The summed E-state index contributed by atoms with van der Waals surface area (Å²) < 4.78 is 16.9. The van der Waals surface area contributed by atoms with Crippen LogP contribution in [0.1, 0.15) is 38.7 Å². The van der Waals surface area contributed by atoms with Gasteiger partial charge in [0.05, 0.1) is 32.0 Å². The molecule has 0 aromatic carbocycles. The topological polar surface area (TPSA) is 80.2 Å². The minimum atomic E-state index is 0.250. The van der Waals surface area contributed by atoms with E-state index in [2.05, 4.69) is 51.5 Å². The van der Waals surface area contributed by atoms with Crippen LogP contribution in [-0.2, 0) is 20.8 Å². The van der Waals surface area contributed by atoms with Gasteiger partial charge in [-0.3, -0.25) is 0 Å². The molecule has 0 aliphatic carbocycles. The third-order valence-corrected chi connectivity index (χ3v) is 5.22. The van der Waals surface area contributed by atoms with Crippen molar-refractivity contribution >= 4 is 11.8 Å². The van der Waals surface area contributed by atoms with Gasteiger partial charge in [0.2, 0.25) is 0 Å². The van der Waals surface area contributed by atoms with Crippen molar-refractivity contribution in [1.29, 1.82) is 0 Å². The van der Waals surface area contributed by atoms with Gasteiger partial charge in [0.15, 0.2) is 5.96 Å². The lowest BCUT2D eigenvalue weighted by atomic mass is 10.2. The predicted octanol–water partition coefficient (Wildman–Crippen LogP) is 1.95. The van der Waals surface area contributed by atoms with Crippen molar-refractivity contribution in [2.45, 2.75) is 51.9 Å². The van der Waals surface area contributed by atoms with E-state index in [0.29, 0.717) is 19.3 Å². The first kappa shape index (κ1) is 22.8. The minimum Gasteiger partial charge on any atom is -0.379 e. The lowest BCUT2D eigenvalue weighted by molar-refractivity contribution is 0.0168. The molecule has 2 N–H and O–H groups in total. The van der Waals surface area contributed by atoms with E-state index in [1.807, 2.05) is 6.20 Å².